The molecule has 1 atom stereocenters. The van der Waals surface area contributed by atoms with E-state index >= 15 is 0 Å². The van der Waals surface area contributed by atoms with Crippen LogP contribution in [0.1, 0.15) is 54.8 Å². The molecule has 1 N–H and O–H groups in total. The fourth-order valence-electron chi connectivity index (χ4n) is 4.12. The highest BCUT2D eigenvalue weighted by Crippen LogP contribution is 2.49. The van der Waals surface area contributed by atoms with Crippen LogP contribution in [0.2, 0.25) is 0 Å². The van der Waals surface area contributed by atoms with Gasteiger partial charge in [0.2, 0.25) is 0 Å². The van der Waals surface area contributed by atoms with Gasteiger partial charge >= 0.3 is 5.97 Å². The molecule has 1 saturated carbocycles. The Morgan fingerprint density at radius 3 is 2.75 bits per heavy atom. The van der Waals surface area contributed by atoms with E-state index in [-0.39, 0.29) is 5.69 Å². The monoisotopic (exact) mass is 382 g/mol. The molecule has 0 radical (unpaired) electrons. The third kappa shape index (κ3) is 2.76. The van der Waals surface area contributed by atoms with Crippen LogP contribution >= 0.6 is 0 Å². The highest BCUT2D eigenvalue weighted by molar-refractivity contribution is 5.94. The third-order valence-corrected chi connectivity index (χ3v) is 5.71. The largest absolute Gasteiger partial charge is 0.466 e. The molecule has 1 aliphatic carbocycles. The SMILES string of the molecule is COC(=O)C1=C(C)Nc2c(c(C3CCC3)nn2C)C1c1cccc([N+](=O)[O-])c1. The van der Waals surface area contributed by atoms with Gasteiger partial charge in [0, 0.05) is 42.3 Å². The molecule has 1 unspecified atom stereocenters. The maximum Gasteiger partial charge on any atom is 0.336 e. The number of allylic oxidation sites excluding steroid dienone is 1. The van der Waals surface area contributed by atoms with Crippen molar-refractivity contribution in [3.05, 3.63) is 62.5 Å². The minimum Gasteiger partial charge on any atom is -0.466 e. The summed E-state index contributed by atoms with van der Waals surface area (Å²) in [5.41, 5.74) is 3.68. The summed E-state index contributed by atoms with van der Waals surface area (Å²) in [6.45, 7) is 1.82. The zero-order valence-electron chi connectivity index (χ0n) is 16.1. The number of rotatable bonds is 4. The number of carbonyl (C=O) groups excluding carboxylic acids is 1. The van der Waals surface area contributed by atoms with E-state index in [1.165, 1.54) is 19.2 Å². The summed E-state index contributed by atoms with van der Waals surface area (Å²) in [7, 11) is 3.22. The number of benzene rings is 1. The van der Waals surface area contributed by atoms with Crippen molar-refractivity contribution < 1.29 is 14.5 Å². The standard InChI is InChI=1S/C20H22N4O4/c1-11-15(20(25)28-3)16(13-8-5-9-14(10-13)24(26)27)17-18(12-6-4-7-12)22-23(2)19(17)21-11/h5,8-10,12,16,21H,4,6-7H2,1-3H3. The van der Waals surface area contributed by atoms with Crippen molar-refractivity contribution in [1.82, 2.24) is 9.78 Å². The zero-order chi connectivity index (χ0) is 20.0. The number of carbonyl (C=O) groups is 1. The van der Waals surface area contributed by atoms with E-state index in [9.17, 15) is 14.9 Å². The zero-order valence-corrected chi connectivity index (χ0v) is 16.1. The van der Waals surface area contributed by atoms with Crippen LogP contribution < -0.4 is 5.32 Å². The summed E-state index contributed by atoms with van der Waals surface area (Å²) in [6.07, 6.45) is 3.27. The number of nitro benzene ring substituents is 1. The minimum atomic E-state index is -0.465. The summed E-state index contributed by atoms with van der Waals surface area (Å²) in [5.74, 6) is 0.252. The molecule has 4 rings (SSSR count). The van der Waals surface area contributed by atoms with Crippen LogP contribution in [0.15, 0.2) is 35.5 Å². The van der Waals surface area contributed by atoms with Gasteiger partial charge in [-0.2, -0.15) is 5.10 Å². The summed E-state index contributed by atoms with van der Waals surface area (Å²) >= 11 is 0. The fourth-order valence-corrected chi connectivity index (χ4v) is 4.12. The number of hydrogen-bond acceptors (Lipinski definition) is 6. The lowest BCUT2D eigenvalue weighted by Crippen LogP contribution is -2.25. The number of hydrogen-bond donors (Lipinski definition) is 1. The summed E-state index contributed by atoms with van der Waals surface area (Å²) in [4.78, 5) is 23.6. The van der Waals surface area contributed by atoms with Crippen LogP contribution in [0, 0.1) is 10.1 Å². The lowest BCUT2D eigenvalue weighted by atomic mass is 9.75. The molecule has 1 aromatic carbocycles. The van der Waals surface area contributed by atoms with Gasteiger partial charge in [-0.1, -0.05) is 18.6 Å². The first-order valence-electron chi connectivity index (χ1n) is 9.29. The molecule has 0 saturated heterocycles. The van der Waals surface area contributed by atoms with Crippen molar-refractivity contribution >= 4 is 17.5 Å². The van der Waals surface area contributed by atoms with Crippen molar-refractivity contribution in [2.75, 3.05) is 12.4 Å². The molecule has 146 valence electrons. The quantitative estimate of drug-likeness (QED) is 0.493. The topological polar surface area (TPSA) is 99.3 Å². The minimum absolute atomic E-state index is 0.00599. The average molecular weight is 382 g/mol. The van der Waals surface area contributed by atoms with Crippen molar-refractivity contribution in [2.24, 2.45) is 7.05 Å². The number of methoxy groups -OCH3 is 1. The van der Waals surface area contributed by atoms with Gasteiger partial charge in [0.05, 0.1) is 23.3 Å². The molecule has 8 heteroatoms. The number of fused-ring (bicyclic) bond motifs is 1. The van der Waals surface area contributed by atoms with Crippen LogP contribution in [0.3, 0.4) is 0 Å². The molecule has 0 spiro atoms. The van der Waals surface area contributed by atoms with Crippen molar-refractivity contribution in [1.29, 1.82) is 0 Å². The predicted molar refractivity (Wildman–Crippen MR) is 103 cm³/mol. The molecule has 1 fully saturated rings. The highest BCUT2D eigenvalue weighted by atomic mass is 16.6. The van der Waals surface area contributed by atoms with Gasteiger partial charge in [0.25, 0.3) is 5.69 Å². The van der Waals surface area contributed by atoms with E-state index in [1.807, 2.05) is 20.0 Å². The van der Waals surface area contributed by atoms with Gasteiger partial charge in [0.15, 0.2) is 0 Å². The summed E-state index contributed by atoms with van der Waals surface area (Å²) < 4.78 is 6.85. The first-order valence-corrected chi connectivity index (χ1v) is 9.29. The van der Waals surface area contributed by atoms with Crippen molar-refractivity contribution in [3.8, 4) is 0 Å². The fraction of sp³-hybridized carbons (Fsp3) is 0.400. The number of anilines is 1. The Morgan fingerprint density at radius 1 is 1.39 bits per heavy atom. The number of nitrogens with one attached hydrogen (secondary N) is 1. The molecule has 1 aliphatic heterocycles. The lowest BCUT2D eigenvalue weighted by molar-refractivity contribution is -0.384. The number of non-ortho nitro benzene ring substituents is 1. The van der Waals surface area contributed by atoms with Crippen LogP contribution in [0.25, 0.3) is 0 Å². The number of aromatic nitrogens is 2. The predicted octanol–water partition coefficient (Wildman–Crippen LogP) is 3.60. The van der Waals surface area contributed by atoms with Gasteiger partial charge < -0.3 is 10.1 Å². The van der Waals surface area contributed by atoms with Gasteiger partial charge in [0.1, 0.15) is 5.82 Å². The van der Waals surface area contributed by atoms with Gasteiger partial charge in [-0.25, -0.2) is 4.79 Å². The molecule has 1 aromatic heterocycles. The van der Waals surface area contributed by atoms with E-state index in [2.05, 4.69) is 5.32 Å². The van der Waals surface area contributed by atoms with E-state index in [0.29, 0.717) is 22.8 Å². The Bertz CT molecular complexity index is 1000. The molecule has 0 bridgehead atoms. The first kappa shape index (κ1) is 18.2. The lowest BCUT2D eigenvalue weighted by Gasteiger charge is -2.31. The number of aryl methyl sites for hydroxylation is 1. The Hall–Kier alpha value is -3.16. The summed E-state index contributed by atoms with van der Waals surface area (Å²) in [5, 5.41) is 19.4. The molecule has 8 nitrogen and oxygen atoms in total. The highest BCUT2D eigenvalue weighted by Gasteiger charge is 2.40. The number of esters is 1. The van der Waals surface area contributed by atoms with E-state index in [1.54, 1.807) is 10.7 Å². The maximum absolute atomic E-state index is 12.7. The average Bonchev–Trinajstić information content (AvgIpc) is 2.94. The second kappa shape index (κ2) is 6.78. The van der Waals surface area contributed by atoms with Gasteiger partial charge in [-0.3, -0.25) is 14.8 Å². The molecule has 2 aliphatic rings. The van der Waals surface area contributed by atoms with E-state index in [0.717, 1.165) is 36.3 Å². The summed E-state index contributed by atoms with van der Waals surface area (Å²) in [6, 6.07) is 6.46. The van der Waals surface area contributed by atoms with Crippen LogP contribution in [-0.2, 0) is 16.6 Å². The Morgan fingerprint density at radius 2 is 2.14 bits per heavy atom. The first-order chi connectivity index (χ1) is 13.4. The molecule has 2 heterocycles. The smallest absolute Gasteiger partial charge is 0.336 e. The molecular formula is C20H22N4O4. The number of nitro groups is 1. The molecular weight excluding hydrogens is 360 g/mol. The van der Waals surface area contributed by atoms with Gasteiger partial charge in [-0.15, -0.1) is 0 Å². The third-order valence-electron chi connectivity index (χ3n) is 5.71. The normalized spacial score (nSPS) is 18.9. The second-order valence-corrected chi connectivity index (χ2v) is 7.34. The molecule has 28 heavy (non-hydrogen) atoms. The Balaban J connectivity index is 1.96. The number of nitrogens with zero attached hydrogens (tertiary/aromatic N) is 3. The van der Waals surface area contributed by atoms with Crippen LogP contribution in [-0.4, -0.2) is 27.8 Å². The number of ether oxygens (including phenoxy) is 1. The van der Waals surface area contributed by atoms with Gasteiger partial charge in [-0.05, 0) is 25.3 Å². The Kier molecular flexibility index (Phi) is 4.41. The van der Waals surface area contributed by atoms with E-state index < -0.39 is 16.8 Å². The second-order valence-electron chi connectivity index (χ2n) is 7.34. The van der Waals surface area contributed by atoms with Crippen molar-refractivity contribution in [3.63, 3.8) is 0 Å². The van der Waals surface area contributed by atoms with Crippen molar-refractivity contribution in [2.45, 2.75) is 38.0 Å². The Labute approximate surface area is 162 Å². The molecule has 2 aromatic rings. The van der Waals surface area contributed by atoms with Crippen LogP contribution in [0.4, 0.5) is 11.5 Å². The maximum atomic E-state index is 12.7. The van der Waals surface area contributed by atoms with E-state index in [4.69, 9.17) is 9.84 Å². The van der Waals surface area contributed by atoms with Crippen LogP contribution in [0.5, 0.6) is 0 Å². The molecule has 0 amide bonds.